The summed E-state index contributed by atoms with van der Waals surface area (Å²) < 4.78 is 32.9. The second-order valence-corrected chi connectivity index (χ2v) is 14.9. The number of hydrogen-bond acceptors (Lipinski definition) is 9. The van der Waals surface area contributed by atoms with E-state index in [4.69, 9.17) is 4.74 Å². The summed E-state index contributed by atoms with van der Waals surface area (Å²) >= 11 is 0. The Hall–Kier alpha value is -5.30. The van der Waals surface area contributed by atoms with Crippen LogP contribution in [0.4, 0.5) is 16.3 Å². The first-order valence-electron chi connectivity index (χ1n) is 16.2. The molecule has 6 rings (SSSR count). The number of pyridine rings is 1. The van der Waals surface area contributed by atoms with Crippen LogP contribution in [-0.2, 0) is 26.0 Å². The molecule has 2 amide bonds. The van der Waals surface area contributed by atoms with Gasteiger partial charge in [-0.3, -0.25) is 4.79 Å². The van der Waals surface area contributed by atoms with Crippen molar-refractivity contribution in [2.75, 3.05) is 5.32 Å². The number of nitrogens with zero attached hydrogens (tertiary/aromatic N) is 4. The fourth-order valence-electron chi connectivity index (χ4n) is 5.85. The van der Waals surface area contributed by atoms with Gasteiger partial charge in [-0.25, -0.2) is 32.1 Å². The molecule has 13 heteroatoms. The van der Waals surface area contributed by atoms with Crippen LogP contribution in [0.5, 0.6) is 0 Å². The maximum Gasteiger partial charge on any atom is 0.407 e. The van der Waals surface area contributed by atoms with Crippen LogP contribution in [-0.4, -0.2) is 57.0 Å². The van der Waals surface area contributed by atoms with E-state index in [0.29, 0.717) is 28.1 Å². The Morgan fingerprint density at radius 3 is 2.35 bits per heavy atom. The average Bonchev–Trinajstić information content (AvgIpc) is 3.50. The fraction of sp³-hybridized carbons (Fsp3) is 0.306. The molecular weight excluding hydrogens is 643 g/mol. The van der Waals surface area contributed by atoms with Crippen molar-refractivity contribution in [3.63, 3.8) is 0 Å². The van der Waals surface area contributed by atoms with Gasteiger partial charge < -0.3 is 20.7 Å². The Bertz CT molecular complexity index is 2070. The molecule has 0 spiro atoms. The standard InChI is InChI=1S/C36H39N7O5S/c1-36(2,3)48-35(45)42-28-14-12-27(13-15-28)41-33(44)19-24-8-7-9-29(18-24)40-32-21-31(38-23-39-32)26-20-25-16-17-43(34(25)37-22-26)49(46,47)30-10-5-4-6-11-30/h4-11,16-18,20-23,27-28H,12-15,19H2,1-3H3,(H,41,44)(H,42,45)(H,38,39,40). The number of fused-ring (bicyclic) bond motifs is 1. The van der Waals surface area contributed by atoms with E-state index in [1.54, 1.807) is 48.7 Å². The van der Waals surface area contributed by atoms with Gasteiger partial charge in [0.1, 0.15) is 17.7 Å². The lowest BCUT2D eigenvalue weighted by Gasteiger charge is -2.30. The van der Waals surface area contributed by atoms with Crippen molar-refractivity contribution in [1.82, 2.24) is 29.6 Å². The number of rotatable bonds is 9. The molecule has 1 fully saturated rings. The molecule has 3 aromatic heterocycles. The minimum Gasteiger partial charge on any atom is -0.444 e. The molecule has 1 saturated carbocycles. The monoisotopic (exact) mass is 681 g/mol. The first-order valence-corrected chi connectivity index (χ1v) is 17.6. The Kier molecular flexibility index (Phi) is 9.63. The molecule has 0 atom stereocenters. The third-order valence-corrected chi connectivity index (χ3v) is 9.81. The summed E-state index contributed by atoms with van der Waals surface area (Å²) in [5, 5.41) is 10.0. The van der Waals surface area contributed by atoms with Crippen LogP contribution in [0.2, 0.25) is 0 Å². The lowest BCUT2D eigenvalue weighted by molar-refractivity contribution is -0.121. The van der Waals surface area contributed by atoms with Crippen LogP contribution in [0.15, 0.2) is 96.4 Å². The number of carbonyl (C=O) groups is 2. The molecule has 3 N–H and O–H groups in total. The normalized spacial score (nSPS) is 16.6. The van der Waals surface area contributed by atoms with Gasteiger partial charge in [-0.1, -0.05) is 30.3 Å². The molecule has 0 unspecified atom stereocenters. The second-order valence-electron chi connectivity index (χ2n) is 13.1. The highest BCUT2D eigenvalue weighted by Crippen LogP contribution is 2.27. The van der Waals surface area contributed by atoms with Crippen LogP contribution >= 0.6 is 0 Å². The number of aromatic nitrogens is 4. The van der Waals surface area contributed by atoms with Crippen molar-refractivity contribution in [2.45, 2.75) is 75.5 Å². The predicted octanol–water partition coefficient (Wildman–Crippen LogP) is 5.97. The first-order chi connectivity index (χ1) is 23.4. The third-order valence-electron chi connectivity index (χ3n) is 8.13. The lowest BCUT2D eigenvalue weighted by atomic mass is 9.91. The first kappa shape index (κ1) is 33.6. The molecule has 1 aliphatic carbocycles. The highest BCUT2D eigenvalue weighted by molar-refractivity contribution is 7.90. The van der Waals surface area contributed by atoms with E-state index in [1.807, 2.05) is 51.1 Å². The van der Waals surface area contributed by atoms with Crippen molar-refractivity contribution in [3.05, 3.63) is 97.1 Å². The van der Waals surface area contributed by atoms with E-state index in [0.717, 1.165) is 36.9 Å². The van der Waals surface area contributed by atoms with E-state index in [1.165, 1.54) is 16.5 Å². The average molecular weight is 682 g/mol. The molecule has 254 valence electrons. The summed E-state index contributed by atoms with van der Waals surface area (Å²) in [7, 11) is -3.79. The Balaban J connectivity index is 1.06. The molecule has 0 radical (unpaired) electrons. The van der Waals surface area contributed by atoms with Crippen LogP contribution in [0.3, 0.4) is 0 Å². The van der Waals surface area contributed by atoms with Gasteiger partial charge in [0, 0.05) is 47.2 Å². The van der Waals surface area contributed by atoms with Crippen LogP contribution in [0.1, 0.15) is 52.0 Å². The summed E-state index contributed by atoms with van der Waals surface area (Å²) in [6, 6.07) is 21.3. The number of hydrogen-bond donors (Lipinski definition) is 3. The SMILES string of the molecule is CC(C)(C)OC(=O)NC1CCC(NC(=O)Cc2cccc(Nc3cc(-c4cnc5c(ccn5S(=O)(=O)c5ccccc5)c4)ncn3)c2)CC1. The van der Waals surface area contributed by atoms with Crippen molar-refractivity contribution in [3.8, 4) is 11.3 Å². The minimum absolute atomic E-state index is 0.0398. The van der Waals surface area contributed by atoms with Crippen molar-refractivity contribution in [1.29, 1.82) is 0 Å². The van der Waals surface area contributed by atoms with Gasteiger partial charge in [-0.2, -0.15) is 0 Å². The highest BCUT2D eigenvalue weighted by atomic mass is 32.2. The molecule has 12 nitrogen and oxygen atoms in total. The van der Waals surface area contributed by atoms with Crippen molar-refractivity contribution >= 4 is 44.6 Å². The molecule has 3 heterocycles. The van der Waals surface area contributed by atoms with E-state index in [2.05, 4.69) is 30.9 Å². The fourth-order valence-corrected chi connectivity index (χ4v) is 7.18. The second kappa shape index (κ2) is 14.0. The Labute approximate surface area is 285 Å². The number of benzene rings is 2. The van der Waals surface area contributed by atoms with E-state index < -0.39 is 21.7 Å². The zero-order valence-electron chi connectivity index (χ0n) is 27.6. The van der Waals surface area contributed by atoms with Crippen molar-refractivity contribution < 1.29 is 22.7 Å². The maximum atomic E-state index is 13.2. The summed E-state index contributed by atoms with van der Waals surface area (Å²) in [4.78, 5) is 38.4. The minimum atomic E-state index is -3.79. The molecule has 2 aromatic carbocycles. The summed E-state index contributed by atoms with van der Waals surface area (Å²) in [6.07, 6.45) is 7.48. The van der Waals surface area contributed by atoms with Crippen LogP contribution in [0, 0.1) is 0 Å². The predicted molar refractivity (Wildman–Crippen MR) is 187 cm³/mol. The number of amides is 2. The van der Waals surface area contributed by atoms with E-state index in [9.17, 15) is 18.0 Å². The third kappa shape index (κ3) is 8.41. The molecule has 0 aliphatic heterocycles. The number of anilines is 2. The molecule has 0 saturated heterocycles. The maximum absolute atomic E-state index is 13.2. The highest BCUT2D eigenvalue weighted by Gasteiger charge is 2.26. The lowest BCUT2D eigenvalue weighted by Crippen LogP contribution is -2.45. The van der Waals surface area contributed by atoms with Gasteiger partial charge in [0.25, 0.3) is 10.0 Å². The number of carbonyl (C=O) groups excluding carboxylic acids is 2. The zero-order chi connectivity index (χ0) is 34.6. The van der Waals surface area contributed by atoms with Gasteiger partial charge in [-0.05, 0) is 88.4 Å². The van der Waals surface area contributed by atoms with Crippen LogP contribution < -0.4 is 16.0 Å². The topological polar surface area (TPSA) is 157 Å². The van der Waals surface area contributed by atoms with Gasteiger partial charge in [0.05, 0.1) is 17.0 Å². The van der Waals surface area contributed by atoms with Gasteiger partial charge >= 0.3 is 6.09 Å². The summed E-state index contributed by atoms with van der Waals surface area (Å²) in [5.41, 5.74) is 2.71. The van der Waals surface area contributed by atoms with E-state index in [-0.39, 0.29) is 29.3 Å². The quantitative estimate of drug-likeness (QED) is 0.171. The van der Waals surface area contributed by atoms with Crippen LogP contribution in [0.25, 0.3) is 22.3 Å². The summed E-state index contributed by atoms with van der Waals surface area (Å²) in [5.74, 6) is 0.492. The number of alkyl carbamates (subject to hydrolysis) is 1. The van der Waals surface area contributed by atoms with Gasteiger partial charge in [0.2, 0.25) is 5.91 Å². The zero-order valence-corrected chi connectivity index (χ0v) is 28.4. The summed E-state index contributed by atoms with van der Waals surface area (Å²) in [6.45, 7) is 5.51. The number of nitrogens with one attached hydrogen (secondary N) is 3. The van der Waals surface area contributed by atoms with Gasteiger partial charge in [0.15, 0.2) is 5.65 Å². The molecular formula is C36H39N7O5S. The Morgan fingerprint density at radius 2 is 1.61 bits per heavy atom. The van der Waals surface area contributed by atoms with Crippen molar-refractivity contribution in [2.24, 2.45) is 0 Å². The number of ether oxygens (including phenoxy) is 1. The molecule has 1 aliphatic rings. The molecule has 0 bridgehead atoms. The smallest absolute Gasteiger partial charge is 0.407 e. The molecule has 49 heavy (non-hydrogen) atoms. The molecule has 5 aromatic rings. The van der Waals surface area contributed by atoms with E-state index >= 15 is 0 Å². The largest absolute Gasteiger partial charge is 0.444 e. The van der Waals surface area contributed by atoms with Gasteiger partial charge in [-0.15, -0.1) is 0 Å². The Morgan fingerprint density at radius 1 is 0.878 bits per heavy atom.